The third kappa shape index (κ3) is 1.56. The number of hydrogen-bond donors (Lipinski definition) is 3. The Bertz CT molecular complexity index is 352. The summed E-state index contributed by atoms with van der Waals surface area (Å²) >= 11 is 0. The maximum Gasteiger partial charge on any atom is 0.328 e. The fourth-order valence-corrected chi connectivity index (χ4v) is 1.51. The van der Waals surface area contributed by atoms with Gasteiger partial charge in [0.1, 0.15) is 5.54 Å². The Labute approximate surface area is 82.5 Å². The van der Waals surface area contributed by atoms with E-state index in [0.29, 0.717) is 11.3 Å². The molecule has 0 aliphatic carbocycles. The molecule has 5 N–H and O–H groups in total. The number of nitrogen functional groups attached to an aromatic ring is 1. The first-order valence-corrected chi connectivity index (χ1v) is 4.25. The fourth-order valence-electron chi connectivity index (χ4n) is 1.51. The van der Waals surface area contributed by atoms with Crippen molar-refractivity contribution in [2.45, 2.75) is 19.4 Å². The zero-order valence-corrected chi connectivity index (χ0v) is 8.24. The van der Waals surface area contributed by atoms with Crippen LogP contribution in [-0.4, -0.2) is 11.1 Å². The normalized spacial score (nSPS) is 14.8. The Morgan fingerprint density at radius 3 is 2.50 bits per heavy atom. The number of aliphatic carboxylic acids is 1. The van der Waals surface area contributed by atoms with Gasteiger partial charge < -0.3 is 16.6 Å². The van der Waals surface area contributed by atoms with E-state index in [4.69, 9.17) is 16.6 Å². The second kappa shape index (κ2) is 3.31. The Balaban J connectivity index is 3.38. The molecule has 4 nitrogen and oxygen atoms in total. The number of rotatable bonds is 2. The van der Waals surface area contributed by atoms with Gasteiger partial charge in [-0.05, 0) is 25.5 Å². The van der Waals surface area contributed by atoms with Gasteiger partial charge in [0.15, 0.2) is 0 Å². The molecule has 0 amide bonds. The molecule has 0 saturated heterocycles. The van der Waals surface area contributed by atoms with Crippen LogP contribution in [-0.2, 0) is 10.3 Å². The van der Waals surface area contributed by atoms with Crippen LogP contribution in [0.15, 0.2) is 18.2 Å². The van der Waals surface area contributed by atoms with Gasteiger partial charge in [-0.2, -0.15) is 0 Å². The first-order valence-electron chi connectivity index (χ1n) is 4.25. The summed E-state index contributed by atoms with van der Waals surface area (Å²) in [4.78, 5) is 10.9. The highest BCUT2D eigenvalue weighted by Gasteiger charge is 2.33. The van der Waals surface area contributed by atoms with Crippen LogP contribution in [0.2, 0.25) is 0 Å². The van der Waals surface area contributed by atoms with Gasteiger partial charge in [-0.3, -0.25) is 0 Å². The summed E-state index contributed by atoms with van der Waals surface area (Å²) in [5, 5.41) is 8.96. The second-order valence-corrected chi connectivity index (χ2v) is 3.55. The average Bonchev–Trinajstić information content (AvgIpc) is 2.02. The van der Waals surface area contributed by atoms with Crippen molar-refractivity contribution >= 4 is 11.7 Å². The van der Waals surface area contributed by atoms with Gasteiger partial charge in [0.2, 0.25) is 0 Å². The van der Waals surface area contributed by atoms with Crippen LogP contribution in [0.1, 0.15) is 18.1 Å². The zero-order valence-electron chi connectivity index (χ0n) is 8.24. The molecular formula is C10H14N2O2. The summed E-state index contributed by atoms with van der Waals surface area (Å²) in [5.74, 6) is -1.08. The SMILES string of the molecule is Cc1cccc(N)c1C(C)(N)C(=O)O. The molecule has 14 heavy (non-hydrogen) atoms. The molecule has 0 aliphatic rings. The molecule has 1 aromatic rings. The van der Waals surface area contributed by atoms with Gasteiger partial charge in [-0.25, -0.2) is 4.79 Å². The lowest BCUT2D eigenvalue weighted by atomic mass is 9.88. The number of aryl methyl sites for hydroxylation is 1. The molecule has 0 saturated carbocycles. The quantitative estimate of drug-likeness (QED) is 0.608. The Morgan fingerprint density at radius 1 is 1.50 bits per heavy atom. The zero-order chi connectivity index (χ0) is 10.9. The summed E-state index contributed by atoms with van der Waals surface area (Å²) in [6.07, 6.45) is 0. The van der Waals surface area contributed by atoms with E-state index in [1.54, 1.807) is 25.1 Å². The van der Waals surface area contributed by atoms with Gasteiger partial charge in [-0.15, -0.1) is 0 Å². The molecule has 1 atom stereocenters. The molecule has 0 radical (unpaired) electrons. The number of hydrogen-bond acceptors (Lipinski definition) is 3. The molecule has 0 bridgehead atoms. The van der Waals surface area contributed by atoms with Crippen molar-refractivity contribution in [3.05, 3.63) is 29.3 Å². The van der Waals surface area contributed by atoms with E-state index in [1.807, 2.05) is 0 Å². The van der Waals surface area contributed by atoms with Crippen molar-refractivity contribution in [2.75, 3.05) is 5.73 Å². The number of nitrogens with two attached hydrogens (primary N) is 2. The molecule has 1 rings (SSSR count). The average molecular weight is 194 g/mol. The van der Waals surface area contributed by atoms with Gasteiger partial charge in [0.25, 0.3) is 0 Å². The van der Waals surface area contributed by atoms with E-state index in [1.165, 1.54) is 6.92 Å². The van der Waals surface area contributed by atoms with Gasteiger partial charge in [-0.1, -0.05) is 12.1 Å². The summed E-state index contributed by atoms with van der Waals surface area (Å²) in [7, 11) is 0. The molecule has 0 spiro atoms. The van der Waals surface area contributed by atoms with Gasteiger partial charge in [0.05, 0.1) is 0 Å². The number of anilines is 1. The highest BCUT2D eigenvalue weighted by molar-refractivity contribution is 5.83. The van der Waals surface area contributed by atoms with Crippen molar-refractivity contribution < 1.29 is 9.90 Å². The van der Waals surface area contributed by atoms with E-state index in [2.05, 4.69) is 0 Å². The smallest absolute Gasteiger partial charge is 0.328 e. The molecule has 0 fully saturated rings. The minimum atomic E-state index is -1.44. The lowest BCUT2D eigenvalue weighted by Crippen LogP contribution is -2.42. The van der Waals surface area contributed by atoms with Crippen LogP contribution in [0, 0.1) is 6.92 Å². The number of carboxylic acids is 1. The monoisotopic (exact) mass is 194 g/mol. The van der Waals surface area contributed by atoms with Crippen molar-refractivity contribution in [1.29, 1.82) is 0 Å². The second-order valence-electron chi connectivity index (χ2n) is 3.55. The number of carbonyl (C=O) groups is 1. The van der Waals surface area contributed by atoms with Crippen molar-refractivity contribution in [3.63, 3.8) is 0 Å². The molecule has 4 heteroatoms. The fraction of sp³-hybridized carbons (Fsp3) is 0.300. The molecule has 1 aromatic carbocycles. The predicted octanol–water partition coefficient (Wildman–Crippen LogP) is 0.836. The van der Waals surface area contributed by atoms with Gasteiger partial charge >= 0.3 is 5.97 Å². The van der Waals surface area contributed by atoms with E-state index in [-0.39, 0.29) is 0 Å². The standard InChI is InChI=1S/C10H14N2O2/c1-6-4-3-5-7(11)8(6)10(2,12)9(13)14/h3-5H,11-12H2,1-2H3,(H,13,14). The topological polar surface area (TPSA) is 89.3 Å². The number of benzene rings is 1. The molecule has 0 aromatic heterocycles. The van der Waals surface area contributed by atoms with Crippen molar-refractivity contribution in [1.82, 2.24) is 0 Å². The maximum absolute atomic E-state index is 10.9. The molecular weight excluding hydrogens is 180 g/mol. The highest BCUT2D eigenvalue weighted by Crippen LogP contribution is 2.27. The third-order valence-corrected chi connectivity index (χ3v) is 2.27. The molecule has 76 valence electrons. The minimum absolute atomic E-state index is 0.414. The predicted molar refractivity (Wildman–Crippen MR) is 54.8 cm³/mol. The largest absolute Gasteiger partial charge is 0.480 e. The van der Waals surface area contributed by atoms with Crippen LogP contribution in [0.3, 0.4) is 0 Å². The van der Waals surface area contributed by atoms with Crippen LogP contribution < -0.4 is 11.5 Å². The summed E-state index contributed by atoms with van der Waals surface area (Å²) in [5.41, 5.74) is 11.7. The summed E-state index contributed by atoms with van der Waals surface area (Å²) in [6.45, 7) is 3.23. The molecule has 1 unspecified atom stereocenters. The van der Waals surface area contributed by atoms with E-state index in [9.17, 15) is 4.79 Å². The van der Waals surface area contributed by atoms with Gasteiger partial charge in [0, 0.05) is 11.3 Å². The summed E-state index contributed by atoms with van der Waals surface area (Å²) < 4.78 is 0. The Morgan fingerprint density at radius 2 is 2.07 bits per heavy atom. The molecule has 0 aliphatic heterocycles. The van der Waals surface area contributed by atoms with Crippen molar-refractivity contribution in [2.24, 2.45) is 5.73 Å². The van der Waals surface area contributed by atoms with E-state index >= 15 is 0 Å². The van der Waals surface area contributed by atoms with E-state index in [0.717, 1.165) is 5.56 Å². The first-order chi connectivity index (χ1) is 6.37. The van der Waals surface area contributed by atoms with Crippen LogP contribution in [0.4, 0.5) is 5.69 Å². The van der Waals surface area contributed by atoms with Crippen molar-refractivity contribution in [3.8, 4) is 0 Å². The third-order valence-electron chi connectivity index (χ3n) is 2.27. The summed E-state index contributed by atoms with van der Waals surface area (Å²) in [6, 6.07) is 5.21. The molecule has 0 heterocycles. The van der Waals surface area contributed by atoms with E-state index < -0.39 is 11.5 Å². The lowest BCUT2D eigenvalue weighted by molar-refractivity contribution is -0.143. The van der Waals surface area contributed by atoms with Crippen LogP contribution in [0.5, 0.6) is 0 Å². The first kappa shape index (κ1) is 10.5. The lowest BCUT2D eigenvalue weighted by Gasteiger charge is -2.23. The number of carboxylic acid groups (broad SMARTS) is 1. The van der Waals surface area contributed by atoms with Crippen LogP contribution in [0.25, 0.3) is 0 Å². The Hall–Kier alpha value is -1.55. The Kier molecular flexibility index (Phi) is 2.49. The highest BCUT2D eigenvalue weighted by atomic mass is 16.4. The van der Waals surface area contributed by atoms with Crippen LogP contribution >= 0.6 is 0 Å². The maximum atomic E-state index is 10.9. The minimum Gasteiger partial charge on any atom is -0.480 e.